The van der Waals surface area contributed by atoms with Gasteiger partial charge in [-0.1, -0.05) is 5.16 Å². The molecule has 0 atom stereocenters. The number of hydrogen-bond donors (Lipinski definition) is 1. The number of anilines is 1. The summed E-state index contributed by atoms with van der Waals surface area (Å²) in [6.07, 6.45) is 0. The third-order valence-electron chi connectivity index (χ3n) is 2.83. The smallest absolute Gasteiger partial charge is 0.200 e. The van der Waals surface area contributed by atoms with Crippen molar-refractivity contribution >= 4 is 5.69 Å². The van der Waals surface area contributed by atoms with Gasteiger partial charge in [-0.25, -0.2) is 22.0 Å². The Bertz CT molecular complexity index is 620. The Morgan fingerprint density at radius 3 is 1.85 bits per heavy atom. The average Bonchev–Trinajstić information content (AvgIpc) is 2.74. The van der Waals surface area contributed by atoms with Crippen LogP contribution in [0.15, 0.2) is 4.52 Å². The van der Waals surface area contributed by atoms with Crippen molar-refractivity contribution < 1.29 is 26.5 Å². The Morgan fingerprint density at radius 1 is 0.900 bits per heavy atom. The fourth-order valence-corrected chi connectivity index (χ4v) is 1.69. The molecule has 1 N–H and O–H groups in total. The van der Waals surface area contributed by atoms with Gasteiger partial charge in [0.25, 0.3) is 0 Å². The number of nitrogens with one attached hydrogen (secondary N) is 1. The van der Waals surface area contributed by atoms with Crippen LogP contribution in [-0.4, -0.2) is 5.16 Å². The molecule has 0 aliphatic heterocycles. The van der Waals surface area contributed by atoms with Crippen LogP contribution in [0.1, 0.15) is 17.0 Å². The van der Waals surface area contributed by atoms with Crippen LogP contribution >= 0.6 is 0 Å². The molecule has 2 aromatic rings. The van der Waals surface area contributed by atoms with Crippen LogP contribution in [0.25, 0.3) is 0 Å². The zero-order valence-electron chi connectivity index (χ0n) is 10.5. The third-order valence-corrected chi connectivity index (χ3v) is 2.83. The molecule has 0 spiro atoms. The lowest BCUT2D eigenvalue weighted by molar-refractivity contribution is 0.381. The summed E-state index contributed by atoms with van der Waals surface area (Å²) in [6.45, 7) is 2.97. The number of halogens is 5. The zero-order chi connectivity index (χ0) is 15.0. The molecule has 0 saturated heterocycles. The molecular weight excluding hydrogens is 283 g/mol. The SMILES string of the molecule is Cc1noc(C)c1CNc1c(F)c(F)c(F)c(F)c1F. The van der Waals surface area contributed by atoms with Crippen molar-refractivity contribution in [3.8, 4) is 0 Å². The van der Waals surface area contributed by atoms with Crippen LogP contribution < -0.4 is 5.32 Å². The molecule has 0 aliphatic carbocycles. The van der Waals surface area contributed by atoms with Crippen LogP contribution in [0.3, 0.4) is 0 Å². The fourth-order valence-electron chi connectivity index (χ4n) is 1.69. The van der Waals surface area contributed by atoms with E-state index in [4.69, 9.17) is 4.52 Å². The standard InChI is InChI=1S/C12H9F5N2O/c1-4-6(5(2)20-19-4)3-18-12-10(16)8(14)7(13)9(15)11(12)17/h18H,3H2,1-2H3. The van der Waals surface area contributed by atoms with Crippen LogP contribution in [-0.2, 0) is 6.54 Å². The van der Waals surface area contributed by atoms with E-state index < -0.39 is 34.8 Å². The quantitative estimate of drug-likeness (QED) is 0.533. The lowest BCUT2D eigenvalue weighted by atomic mass is 10.2. The highest BCUT2D eigenvalue weighted by molar-refractivity contribution is 5.48. The van der Waals surface area contributed by atoms with Gasteiger partial charge >= 0.3 is 0 Å². The second kappa shape index (κ2) is 5.10. The monoisotopic (exact) mass is 292 g/mol. The van der Waals surface area contributed by atoms with Crippen molar-refractivity contribution in [3.63, 3.8) is 0 Å². The van der Waals surface area contributed by atoms with E-state index in [9.17, 15) is 22.0 Å². The number of aromatic nitrogens is 1. The van der Waals surface area contributed by atoms with E-state index in [0.29, 0.717) is 17.0 Å². The third kappa shape index (κ3) is 2.21. The molecule has 0 bridgehead atoms. The summed E-state index contributed by atoms with van der Waals surface area (Å²) >= 11 is 0. The van der Waals surface area contributed by atoms with Gasteiger partial charge in [0.05, 0.1) is 5.69 Å². The van der Waals surface area contributed by atoms with Gasteiger partial charge in [-0.05, 0) is 13.8 Å². The van der Waals surface area contributed by atoms with E-state index in [1.165, 1.54) is 0 Å². The molecule has 1 aromatic carbocycles. The van der Waals surface area contributed by atoms with Crippen molar-refractivity contribution in [2.75, 3.05) is 5.32 Å². The van der Waals surface area contributed by atoms with Crippen LogP contribution in [0.5, 0.6) is 0 Å². The van der Waals surface area contributed by atoms with E-state index in [0.717, 1.165) is 0 Å². The molecule has 0 aliphatic rings. The summed E-state index contributed by atoms with van der Waals surface area (Å²) < 4.78 is 70.5. The molecule has 0 unspecified atom stereocenters. The molecule has 0 fully saturated rings. The molecule has 1 heterocycles. The number of benzene rings is 1. The van der Waals surface area contributed by atoms with E-state index in [-0.39, 0.29) is 6.54 Å². The first-order chi connectivity index (χ1) is 9.34. The normalized spacial score (nSPS) is 10.9. The van der Waals surface area contributed by atoms with Gasteiger partial charge in [0.1, 0.15) is 11.4 Å². The highest BCUT2D eigenvalue weighted by Gasteiger charge is 2.25. The van der Waals surface area contributed by atoms with Crippen molar-refractivity contribution in [1.82, 2.24) is 5.16 Å². The topological polar surface area (TPSA) is 38.1 Å². The summed E-state index contributed by atoms with van der Waals surface area (Å²) in [7, 11) is 0. The number of rotatable bonds is 3. The Hall–Kier alpha value is -2.12. The predicted molar refractivity (Wildman–Crippen MR) is 59.5 cm³/mol. The van der Waals surface area contributed by atoms with Crippen LogP contribution in [0.2, 0.25) is 0 Å². The highest BCUT2D eigenvalue weighted by atomic mass is 19.2. The van der Waals surface area contributed by atoms with Crippen LogP contribution in [0, 0.1) is 42.9 Å². The molecule has 108 valence electrons. The van der Waals surface area contributed by atoms with E-state index in [1.807, 2.05) is 0 Å². The Morgan fingerprint density at radius 2 is 1.40 bits per heavy atom. The summed E-state index contributed by atoms with van der Waals surface area (Å²) in [5.74, 6) is -9.61. The van der Waals surface area contributed by atoms with Gasteiger partial charge in [-0.3, -0.25) is 0 Å². The Balaban J connectivity index is 2.36. The summed E-state index contributed by atoms with van der Waals surface area (Å²) in [6, 6.07) is 0. The first kappa shape index (κ1) is 14.3. The van der Waals surface area contributed by atoms with Crippen molar-refractivity contribution in [1.29, 1.82) is 0 Å². The lowest BCUT2D eigenvalue weighted by Crippen LogP contribution is -2.10. The molecule has 0 radical (unpaired) electrons. The average molecular weight is 292 g/mol. The molecule has 0 amide bonds. The van der Waals surface area contributed by atoms with E-state index in [1.54, 1.807) is 13.8 Å². The predicted octanol–water partition coefficient (Wildman–Crippen LogP) is 3.60. The molecule has 1 aromatic heterocycles. The maximum Gasteiger partial charge on any atom is 0.200 e. The van der Waals surface area contributed by atoms with Gasteiger partial charge in [0, 0.05) is 12.1 Å². The maximum absolute atomic E-state index is 13.4. The molecule has 3 nitrogen and oxygen atoms in total. The summed E-state index contributed by atoms with van der Waals surface area (Å²) in [5.41, 5.74) is -0.144. The Kier molecular flexibility index (Phi) is 3.65. The van der Waals surface area contributed by atoms with Gasteiger partial charge in [0.2, 0.25) is 5.82 Å². The van der Waals surface area contributed by atoms with Crippen molar-refractivity contribution in [3.05, 3.63) is 46.1 Å². The second-order valence-electron chi connectivity index (χ2n) is 4.10. The molecule has 8 heteroatoms. The summed E-state index contributed by atoms with van der Waals surface area (Å²) in [5, 5.41) is 5.79. The molecule has 0 saturated carbocycles. The number of aryl methyl sites for hydroxylation is 2. The minimum Gasteiger partial charge on any atom is -0.376 e. The van der Waals surface area contributed by atoms with E-state index >= 15 is 0 Å². The first-order valence-corrected chi connectivity index (χ1v) is 5.51. The first-order valence-electron chi connectivity index (χ1n) is 5.51. The molecule has 20 heavy (non-hydrogen) atoms. The van der Waals surface area contributed by atoms with Gasteiger partial charge in [-0.15, -0.1) is 0 Å². The minimum absolute atomic E-state index is 0.181. The maximum atomic E-state index is 13.4. The minimum atomic E-state index is -2.19. The second-order valence-corrected chi connectivity index (χ2v) is 4.10. The van der Waals surface area contributed by atoms with Crippen LogP contribution in [0.4, 0.5) is 27.6 Å². The molecule has 2 rings (SSSR count). The van der Waals surface area contributed by atoms with Gasteiger partial charge in [0.15, 0.2) is 23.3 Å². The van der Waals surface area contributed by atoms with E-state index in [2.05, 4.69) is 10.5 Å². The number of nitrogens with zero attached hydrogens (tertiary/aromatic N) is 1. The van der Waals surface area contributed by atoms with Gasteiger partial charge in [-0.2, -0.15) is 0 Å². The zero-order valence-corrected chi connectivity index (χ0v) is 10.5. The highest BCUT2D eigenvalue weighted by Crippen LogP contribution is 2.28. The molecular formula is C12H9F5N2O. The Labute approximate surface area is 110 Å². The summed E-state index contributed by atoms with van der Waals surface area (Å²) in [4.78, 5) is 0. The van der Waals surface area contributed by atoms with Crippen molar-refractivity contribution in [2.24, 2.45) is 0 Å². The van der Waals surface area contributed by atoms with Gasteiger partial charge < -0.3 is 9.84 Å². The van der Waals surface area contributed by atoms with Crippen molar-refractivity contribution in [2.45, 2.75) is 20.4 Å². The number of hydrogen-bond acceptors (Lipinski definition) is 3. The fraction of sp³-hybridized carbons (Fsp3) is 0.250. The largest absolute Gasteiger partial charge is 0.376 e. The lowest BCUT2D eigenvalue weighted by Gasteiger charge is -2.10.